The highest BCUT2D eigenvalue weighted by Gasteiger charge is 2.16. The molecule has 0 amide bonds. The summed E-state index contributed by atoms with van der Waals surface area (Å²) >= 11 is 9.16. The quantitative estimate of drug-likeness (QED) is 0.893. The van der Waals surface area contributed by atoms with Gasteiger partial charge >= 0.3 is 5.97 Å². The Morgan fingerprint density at radius 3 is 2.88 bits per heavy atom. The number of hydrogen-bond donors (Lipinski definition) is 2. The Bertz CT molecular complexity index is 555. The molecular formula is C9H5BrClN3O2. The van der Waals surface area contributed by atoms with Crippen molar-refractivity contribution in [3.63, 3.8) is 0 Å². The second kappa shape index (κ2) is 4.23. The number of aromatic amines is 1. The number of carboxylic acids is 1. The average Bonchev–Trinajstić information content (AvgIpc) is 2.71. The highest BCUT2D eigenvalue weighted by atomic mass is 79.9. The Labute approximate surface area is 104 Å². The van der Waals surface area contributed by atoms with Gasteiger partial charge < -0.3 is 5.11 Å². The number of benzene rings is 1. The number of nitrogens with zero attached hydrogens (tertiary/aromatic N) is 2. The molecule has 0 bridgehead atoms. The van der Waals surface area contributed by atoms with Crippen molar-refractivity contribution in [3.8, 4) is 11.3 Å². The summed E-state index contributed by atoms with van der Waals surface area (Å²) < 4.78 is 0.738. The van der Waals surface area contributed by atoms with Gasteiger partial charge in [-0.25, -0.2) is 4.79 Å². The fraction of sp³-hybridized carbons (Fsp3) is 0. The van der Waals surface area contributed by atoms with E-state index < -0.39 is 5.97 Å². The number of rotatable bonds is 2. The zero-order valence-corrected chi connectivity index (χ0v) is 10.1. The molecule has 0 aliphatic heterocycles. The Balaban J connectivity index is 2.54. The summed E-state index contributed by atoms with van der Waals surface area (Å²) in [6, 6.07) is 5.08. The summed E-state index contributed by atoms with van der Waals surface area (Å²) in [5, 5.41) is 18.8. The predicted octanol–water partition coefficient (Wildman–Crippen LogP) is 2.59. The number of carboxylic acid groups (broad SMARTS) is 1. The van der Waals surface area contributed by atoms with Crippen molar-refractivity contribution in [2.24, 2.45) is 0 Å². The van der Waals surface area contributed by atoms with E-state index in [0.717, 1.165) is 4.47 Å². The lowest BCUT2D eigenvalue weighted by Gasteiger charge is -2.01. The Morgan fingerprint density at radius 1 is 1.50 bits per heavy atom. The van der Waals surface area contributed by atoms with E-state index in [0.29, 0.717) is 16.3 Å². The molecule has 2 aromatic rings. The number of carbonyl (C=O) groups is 1. The van der Waals surface area contributed by atoms with Crippen molar-refractivity contribution < 1.29 is 9.90 Å². The van der Waals surface area contributed by atoms with Crippen molar-refractivity contribution in [2.45, 2.75) is 0 Å². The topological polar surface area (TPSA) is 78.9 Å². The first-order chi connectivity index (χ1) is 7.59. The minimum Gasteiger partial charge on any atom is -0.476 e. The predicted molar refractivity (Wildman–Crippen MR) is 61.5 cm³/mol. The molecule has 0 radical (unpaired) electrons. The van der Waals surface area contributed by atoms with E-state index in [4.69, 9.17) is 16.7 Å². The first-order valence-electron chi connectivity index (χ1n) is 4.19. The molecule has 0 spiro atoms. The Kier molecular flexibility index (Phi) is 2.93. The van der Waals surface area contributed by atoms with E-state index in [2.05, 4.69) is 31.3 Å². The molecule has 0 saturated heterocycles. The summed E-state index contributed by atoms with van der Waals surface area (Å²) in [4.78, 5) is 10.8. The molecule has 0 fully saturated rings. The number of aromatic carboxylic acids is 1. The third-order valence-electron chi connectivity index (χ3n) is 1.96. The van der Waals surface area contributed by atoms with E-state index in [-0.39, 0.29) is 5.69 Å². The standard InChI is InChI=1S/C9H5BrClN3O2/c10-5-2-1-4(3-6(5)11)7-8(9(15)16)13-14-12-7/h1-3H,(H,15,16)(H,12,13,14). The lowest BCUT2D eigenvalue weighted by atomic mass is 10.1. The third kappa shape index (κ3) is 1.94. The minimum absolute atomic E-state index is 0.126. The number of halogens is 2. The van der Waals surface area contributed by atoms with E-state index in [1.165, 1.54) is 0 Å². The molecule has 5 nitrogen and oxygen atoms in total. The molecule has 0 unspecified atom stereocenters. The van der Waals surface area contributed by atoms with E-state index in [1.807, 2.05) is 0 Å². The van der Waals surface area contributed by atoms with Crippen LogP contribution in [-0.4, -0.2) is 26.5 Å². The normalized spacial score (nSPS) is 10.4. The zero-order chi connectivity index (χ0) is 11.7. The summed E-state index contributed by atoms with van der Waals surface area (Å²) in [5.74, 6) is -1.14. The molecule has 1 aromatic heterocycles. The van der Waals surface area contributed by atoms with Gasteiger partial charge in [0.2, 0.25) is 0 Å². The van der Waals surface area contributed by atoms with Crippen LogP contribution in [0.1, 0.15) is 10.5 Å². The largest absolute Gasteiger partial charge is 0.476 e. The molecule has 0 aliphatic carbocycles. The highest BCUT2D eigenvalue weighted by Crippen LogP contribution is 2.28. The van der Waals surface area contributed by atoms with Crippen LogP contribution < -0.4 is 0 Å². The molecule has 2 N–H and O–H groups in total. The molecule has 1 aromatic carbocycles. The molecule has 0 saturated carbocycles. The van der Waals surface area contributed by atoms with Gasteiger partial charge in [-0.2, -0.15) is 0 Å². The molecule has 7 heteroatoms. The molecular weight excluding hydrogens is 297 g/mol. The number of hydrogen-bond acceptors (Lipinski definition) is 3. The van der Waals surface area contributed by atoms with Gasteiger partial charge in [0.15, 0.2) is 5.69 Å². The van der Waals surface area contributed by atoms with Gasteiger partial charge in [0.1, 0.15) is 5.69 Å². The zero-order valence-electron chi connectivity index (χ0n) is 7.74. The van der Waals surface area contributed by atoms with Crippen LogP contribution in [0.25, 0.3) is 11.3 Å². The van der Waals surface area contributed by atoms with Crippen molar-refractivity contribution in [2.75, 3.05) is 0 Å². The second-order valence-corrected chi connectivity index (χ2v) is 4.23. The highest BCUT2D eigenvalue weighted by molar-refractivity contribution is 9.10. The molecule has 1 heterocycles. The molecule has 0 aliphatic rings. The van der Waals surface area contributed by atoms with Crippen molar-refractivity contribution >= 4 is 33.5 Å². The summed E-state index contributed by atoms with van der Waals surface area (Å²) in [6.07, 6.45) is 0. The van der Waals surface area contributed by atoms with Crippen LogP contribution in [0, 0.1) is 0 Å². The van der Waals surface area contributed by atoms with E-state index in [1.54, 1.807) is 18.2 Å². The van der Waals surface area contributed by atoms with Crippen molar-refractivity contribution in [1.29, 1.82) is 0 Å². The van der Waals surface area contributed by atoms with Crippen molar-refractivity contribution in [1.82, 2.24) is 15.4 Å². The molecule has 16 heavy (non-hydrogen) atoms. The first-order valence-corrected chi connectivity index (χ1v) is 5.36. The van der Waals surface area contributed by atoms with Crippen molar-refractivity contribution in [3.05, 3.63) is 33.4 Å². The molecule has 82 valence electrons. The average molecular weight is 303 g/mol. The fourth-order valence-electron chi connectivity index (χ4n) is 1.23. The van der Waals surface area contributed by atoms with E-state index in [9.17, 15) is 4.79 Å². The summed E-state index contributed by atoms with van der Waals surface area (Å²) in [5.41, 5.74) is 0.830. The third-order valence-corrected chi connectivity index (χ3v) is 3.19. The van der Waals surface area contributed by atoms with Crippen LogP contribution in [0.15, 0.2) is 22.7 Å². The second-order valence-electron chi connectivity index (χ2n) is 2.97. The van der Waals surface area contributed by atoms with Gasteiger partial charge in [-0.3, -0.25) is 5.10 Å². The Morgan fingerprint density at radius 2 is 2.25 bits per heavy atom. The van der Waals surface area contributed by atoms with E-state index >= 15 is 0 Å². The maximum Gasteiger partial charge on any atom is 0.358 e. The maximum absolute atomic E-state index is 10.8. The number of aromatic nitrogens is 3. The van der Waals surface area contributed by atoms with Gasteiger partial charge in [-0.15, -0.1) is 5.10 Å². The van der Waals surface area contributed by atoms with Crippen LogP contribution in [0.2, 0.25) is 5.02 Å². The minimum atomic E-state index is -1.14. The van der Waals surface area contributed by atoms with Crippen LogP contribution in [0.4, 0.5) is 0 Å². The van der Waals surface area contributed by atoms with Gasteiger partial charge in [-0.05, 0) is 28.1 Å². The van der Waals surface area contributed by atoms with Gasteiger partial charge in [-0.1, -0.05) is 22.9 Å². The van der Waals surface area contributed by atoms with Crippen LogP contribution >= 0.6 is 27.5 Å². The lowest BCUT2D eigenvalue weighted by molar-refractivity contribution is 0.0691. The van der Waals surface area contributed by atoms with Gasteiger partial charge in [0.25, 0.3) is 0 Å². The maximum atomic E-state index is 10.8. The van der Waals surface area contributed by atoms with Gasteiger partial charge in [0.05, 0.1) is 5.02 Å². The summed E-state index contributed by atoms with van der Waals surface area (Å²) in [6.45, 7) is 0. The van der Waals surface area contributed by atoms with Gasteiger partial charge in [0, 0.05) is 10.0 Å². The Hall–Kier alpha value is -1.40. The van der Waals surface area contributed by atoms with Crippen LogP contribution in [0.3, 0.4) is 0 Å². The smallest absolute Gasteiger partial charge is 0.358 e. The number of H-pyrrole nitrogens is 1. The lowest BCUT2D eigenvalue weighted by Crippen LogP contribution is -1.99. The van der Waals surface area contributed by atoms with Crippen LogP contribution in [-0.2, 0) is 0 Å². The SMILES string of the molecule is O=C(O)c1nn[nH]c1-c1ccc(Br)c(Cl)c1. The monoisotopic (exact) mass is 301 g/mol. The molecule has 2 rings (SSSR count). The summed E-state index contributed by atoms with van der Waals surface area (Å²) in [7, 11) is 0. The first kappa shape index (κ1) is 11.1. The number of nitrogens with one attached hydrogen (secondary N) is 1. The fourth-order valence-corrected chi connectivity index (χ4v) is 1.66. The van der Waals surface area contributed by atoms with Crippen LogP contribution in [0.5, 0.6) is 0 Å². The molecule has 0 atom stereocenters.